The Morgan fingerprint density at radius 3 is 2.38 bits per heavy atom. The Morgan fingerprint density at radius 1 is 1.00 bits per heavy atom. The quantitative estimate of drug-likeness (QED) is 0.742. The van der Waals surface area contributed by atoms with E-state index in [9.17, 15) is 8.78 Å². The zero-order valence-corrected chi connectivity index (χ0v) is 12.9. The van der Waals surface area contributed by atoms with Gasteiger partial charge in [0.25, 0.3) is 0 Å². The molecule has 3 aromatic rings. The second kappa shape index (κ2) is 6.99. The Balaban J connectivity index is 2.02. The monoisotopic (exact) mass is 327 g/mol. The van der Waals surface area contributed by atoms with E-state index in [4.69, 9.17) is 0 Å². The van der Waals surface area contributed by atoms with E-state index in [-0.39, 0.29) is 11.5 Å². The third-order valence-corrected chi connectivity index (χ3v) is 3.25. The topological polar surface area (TPSA) is 62.7 Å². The molecule has 0 aliphatic rings. The Kier molecular flexibility index (Phi) is 4.60. The molecule has 0 atom stereocenters. The average molecular weight is 327 g/mol. The number of halogens is 2. The van der Waals surface area contributed by atoms with Crippen LogP contribution in [0.2, 0.25) is 0 Å². The van der Waals surface area contributed by atoms with Crippen molar-refractivity contribution >= 4 is 17.5 Å². The predicted octanol–water partition coefficient (Wildman–Crippen LogP) is 3.99. The highest BCUT2D eigenvalue weighted by Gasteiger charge is 2.12. The van der Waals surface area contributed by atoms with Gasteiger partial charge < -0.3 is 10.6 Å². The van der Waals surface area contributed by atoms with E-state index in [1.165, 1.54) is 18.2 Å². The first-order valence-electron chi connectivity index (χ1n) is 7.41. The first kappa shape index (κ1) is 15.8. The molecule has 0 radical (unpaired) electrons. The lowest BCUT2D eigenvalue weighted by Gasteiger charge is -2.11. The summed E-state index contributed by atoms with van der Waals surface area (Å²) in [7, 11) is 0. The van der Waals surface area contributed by atoms with Gasteiger partial charge in [-0.05, 0) is 31.2 Å². The maximum absolute atomic E-state index is 13.8. The summed E-state index contributed by atoms with van der Waals surface area (Å²) in [6.07, 6.45) is 3.29. The van der Waals surface area contributed by atoms with E-state index in [0.29, 0.717) is 18.2 Å². The molecule has 5 nitrogen and oxygen atoms in total. The number of para-hydroxylation sites is 1. The molecule has 0 saturated carbocycles. The molecule has 2 heterocycles. The number of hydrogen-bond acceptors (Lipinski definition) is 5. The Bertz CT molecular complexity index is 819. The predicted molar refractivity (Wildman–Crippen MR) is 89.1 cm³/mol. The van der Waals surface area contributed by atoms with Gasteiger partial charge in [-0.3, -0.25) is 4.98 Å². The van der Waals surface area contributed by atoms with Crippen molar-refractivity contribution < 1.29 is 8.78 Å². The van der Waals surface area contributed by atoms with Gasteiger partial charge in [0.2, 0.25) is 5.95 Å². The largest absolute Gasteiger partial charge is 0.354 e. The van der Waals surface area contributed by atoms with Gasteiger partial charge in [-0.2, -0.15) is 4.98 Å². The van der Waals surface area contributed by atoms with Gasteiger partial charge in [0.1, 0.15) is 23.1 Å². The van der Waals surface area contributed by atoms with E-state index in [2.05, 4.69) is 25.6 Å². The van der Waals surface area contributed by atoms with Gasteiger partial charge in [0.15, 0.2) is 0 Å². The molecule has 1 aromatic carbocycles. The van der Waals surface area contributed by atoms with Crippen molar-refractivity contribution in [3.63, 3.8) is 0 Å². The van der Waals surface area contributed by atoms with Crippen molar-refractivity contribution in [2.75, 3.05) is 17.2 Å². The van der Waals surface area contributed by atoms with Crippen LogP contribution in [0.1, 0.15) is 6.92 Å². The van der Waals surface area contributed by atoms with Crippen LogP contribution < -0.4 is 10.6 Å². The zero-order chi connectivity index (χ0) is 16.9. The van der Waals surface area contributed by atoms with Crippen LogP contribution in [0.4, 0.5) is 26.2 Å². The van der Waals surface area contributed by atoms with Crippen LogP contribution >= 0.6 is 0 Å². The van der Waals surface area contributed by atoms with E-state index < -0.39 is 11.6 Å². The Labute approximate surface area is 137 Å². The van der Waals surface area contributed by atoms with Crippen LogP contribution in [-0.4, -0.2) is 21.5 Å². The van der Waals surface area contributed by atoms with Gasteiger partial charge in [-0.25, -0.2) is 13.8 Å². The van der Waals surface area contributed by atoms with Gasteiger partial charge >= 0.3 is 0 Å². The van der Waals surface area contributed by atoms with Crippen molar-refractivity contribution in [1.29, 1.82) is 0 Å². The fraction of sp³-hybridized carbons (Fsp3) is 0.118. The number of anilines is 3. The highest BCUT2D eigenvalue weighted by atomic mass is 19.1. The third kappa shape index (κ3) is 3.45. The maximum atomic E-state index is 13.8. The number of aromatic nitrogens is 3. The molecule has 7 heteroatoms. The number of nitrogens with zero attached hydrogens (tertiary/aromatic N) is 3. The van der Waals surface area contributed by atoms with Crippen LogP contribution in [-0.2, 0) is 0 Å². The van der Waals surface area contributed by atoms with Crippen molar-refractivity contribution in [3.8, 4) is 11.3 Å². The second-order valence-corrected chi connectivity index (χ2v) is 4.95. The lowest BCUT2D eigenvalue weighted by molar-refractivity contribution is 0.590. The smallest absolute Gasteiger partial charge is 0.225 e. The molecule has 122 valence electrons. The summed E-state index contributed by atoms with van der Waals surface area (Å²) < 4.78 is 27.7. The van der Waals surface area contributed by atoms with E-state index in [0.717, 1.165) is 5.56 Å². The minimum atomic E-state index is -0.691. The van der Waals surface area contributed by atoms with Crippen molar-refractivity contribution in [1.82, 2.24) is 15.0 Å². The molecule has 0 unspecified atom stereocenters. The fourth-order valence-electron chi connectivity index (χ4n) is 2.16. The SMILES string of the molecule is CCNc1nc(Nc2c(F)cccc2F)cc(-c2ccncc2)n1. The van der Waals surface area contributed by atoms with Crippen molar-refractivity contribution in [2.24, 2.45) is 0 Å². The van der Waals surface area contributed by atoms with Crippen molar-refractivity contribution in [2.45, 2.75) is 6.92 Å². The van der Waals surface area contributed by atoms with Gasteiger partial charge in [-0.1, -0.05) is 6.07 Å². The summed E-state index contributed by atoms with van der Waals surface area (Å²) in [5, 5.41) is 5.70. The molecule has 0 aliphatic heterocycles. The van der Waals surface area contributed by atoms with Crippen molar-refractivity contribution in [3.05, 3.63) is 60.4 Å². The summed E-state index contributed by atoms with van der Waals surface area (Å²) in [4.78, 5) is 12.6. The second-order valence-electron chi connectivity index (χ2n) is 4.95. The van der Waals surface area contributed by atoms with Gasteiger partial charge in [0, 0.05) is 30.6 Å². The van der Waals surface area contributed by atoms with E-state index >= 15 is 0 Å². The highest BCUT2D eigenvalue weighted by molar-refractivity contribution is 5.67. The summed E-state index contributed by atoms with van der Waals surface area (Å²) in [6, 6.07) is 8.89. The fourth-order valence-corrected chi connectivity index (χ4v) is 2.16. The van der Waals surface area contributed by atoms with Gasteiger partial charge in [0.05, 0.1) is 5.69 Å². The van der Waals surface area contributed by atoms with Crippen LogP contribution in [0.5, 0.6) is 0 Å². The summed E-state index contributed by atoms with van der Waals surface area (Å²) in [5.74, 6) is -0.726. The average Bonchev–Trinajstić information content (AvgIpc) is 2.59. The van der Waals surface area contributed by atoms with Crippen LogP contribution in [0.3, 0.4) is 0 Å². The molecule has 0 fully saturated rings. The molecule has 3 rings (SSSR count). The highest BCUT2D eigenvalue weighted by Crippen LogP contribution is 2.26. The molecule has 24 heavy (non-hydrogen) atoms. The molecule has 0 spiro atoms. The normalized spacial score (nSPS) is 10.5. The van der Waals surface area contributed by atoms with Crippen LogP contribution in [0.25, 0.3) is 11.3 Å². The zero-order valence-electron chi connectivity index (χ0n) is 12.9. The van der Waals surface area contributed by atoms with Crippen LogP contribution in [0, 0.1) is 11.6 Å². The molecule has 0 bridgehead atoms. The lowest BCUT2D eigenvalue weighted by Crippen LogP contribution is -2.06. The first-order valence-corrected chi connectivity index (χ1v) is 7.41. The molecule has 2 aromatic heterocycles. The molecular weight excluding hydrogens is 312 g/mol. The summed E-state index contributed by atoms with van der Waals surface area (Å²) in [6.45, 7) is 2.53. The number of pyridine rings is 1. The number of hydrogen-bond donors (Lipinski definition) is 2. The number of rotatable bonds is 5. The Morgan fingerprint density at radius 2 is 1.71 bits per heavy atom. The molecule has 2 N–H and O–H groups in total. The van der Waals surface area contributed by atoms with E-state index in [1.807, 2.05) is 6.92 Å². The lowest BCUT2D eigenvalue weighted by atomic mass is 10.2. The molecular formula is C17H15F2N5. The maximum Gasteiger partial charge on any atom is 0.225 e. The third-order valence-electron chi connectivity index (χ3n) is 3.25. The standard InChI is InChI=1S/C17H15F2N5/c1-2-21-17-22-14(11-6-8-20-9-7-11)10-15(24-17)23-16-12(18)4-3-5-13(16)19/h3-10H,2H2,1H3,(H2,21,22,23,24). The minimum Gasteiger partial charge on any atom is -0.354 e. The summed E-state index contributed by atoms with van der Waals surface area (Å²) in [5.41, 5.74) is 1.19. The molecule has 0 amide bonds. The first-order chi connectivity index (χ1) is 11.7. The number of benzene rings is 1. The molecule has 0 aliphatic carbocycles. The van der Waals surface area contributed by atoms with Gasteiger partial charge in [-0.15, -0.1) is 0 Å². The van der Waals surface area contributed by atoms with Crippen LogP contribution in [0.15, 0.2) is 48.8 Å². The summed E-state index contributed by atoms with van der Waals surface area (Å²) >= 11 is 0. The number of nitrogens with one attached hydrogen (secondary N) is 2. The molecule has 0 saturated heterocycles. The Hall–Kier alpha value is -3.09. The minimum absolute atomic E-state index is 0.251. The van der Waals surface area contributed by atoms with E-state index in [1.54, 1.807) is 30.6 Å².